The van der Waals surface area contributed by atoms with Crippen LogP contribution in [0, 0.1) is 17.2 Å². The first-order valence-electron chi connectivity index (χ1n) is 5.14. The van der Waals surface area contributed by atoms with Gasteiger partial charge in [0.15, 0.2) is 0 Å². The third-order valence-corrected chi connectivity index (χ3v) is 3.94. The van der Waals surface area contributed by atoms with Crippen LogP contribution >= 0.6 is 11.6 Å². The highest BCUT2D eigenvalue weighted by Gasteiger charge is 2.58. The quantitative estimate of drug-likeness (QED) is 0.825. The highest BCUT2D eigenvalue weighted by molar-refractivity contribution is 6.31. The maximum absolute atomic E-state index is 13.7. The molecule has 2 rings (SSSR count). The molecule has 1 nitrogen and oxygen atoms in total. The third kappa shape index (κ3) is 1.56. The Bertz CT molecular complexity index is 369. The number of benzene rings is 1. The van der Waals surface area contributed by atoms with Gasteiger partial charge in [-0.3, -0.25) is 0 Å². The number of halogens is 2. The molecule has 0 radical (unpaired) electrons. The van der Waals surface area contributed by atoms with E-state index < -0.39 is 0 Å². The minimum atomic E-state index is -0.212. The molecule has 3 heteroatoms. The Labute approximate surface area is 94.4 Å². The van der Waals surface area contributed by atoms with Gasteiger partial charge in [0.25, 0.3) is 0 Å². The van der Waals surface area contributed by atoms with Gasteiger partial charge in [-0.1, -0.05) is 31.5 Å². The van der Waals surface area contributed by atoms with Crippen LogP contribution in [0.25, 0.3) is 0 Å². The predicted molar refractivity (Wildman–Crippen MR) is 60.5 cm³/mol. The molecule has 1 aromatic carbocycles. The Morgan fingerprint density at radius 2 is 2.13 bits per heavy atom. The van der Waals surface area contributed by atoms with Crippen LogP contribution in [0.5, 0.6) is 0 Å². The highest BCUT2D eigenvalue weighted by atomic mass is 35.5. The molecule has 1 fully saturated rings. The first-order chi connectivity index (χ1) is 7.00. The fraction of sp³-hybridized carbons (Fsp3) is 0.500. The Balaban J connectivity index is 2.41. The average Bonchev–Trinajstić information content (AvgIpc) is 2.68. The number of rotatable bonds is 2. The lowest BCUT2D eigenvalue weighted by Crippen LogP contribution is -2.05. The topological polar surface area (TPSA) is 26.0 Å². The molecule has 1 saturated carbocycles. The van der Waals surface area contributed by atoms with Gasteiger partial charge >= 0.3 is 0 Å². The van der Waals surface area contributed by atoms with E-state index in [4.69, 9.17) is 17.3 Å². The summed E-state index contributed by atoms with van der Waals surface area (Å²) in [5.74, 6) is 0.291. The first kappa shape index (κ1) is 10.9. The molecule has 1 aliphatic carbocycles. The lowest BCUT2D eigenvalue weighted by molar-refractivity contribution is 0.551. The summed E-state index contributed by atoms with van der Waals surface area (Å²) in [5.41, 5.74) is 6.38. The summed E-state index contributed by atoms with van der Waals surface area (Å²) in [6.07, 6.45) is 0. The average molecular weight is 228 g/mol. The van der Waals surface area contributed by atoms with Crippen LogP contribution < -0.4 is 5.73 Å². The number of nitrogens with two attached hydrogens (primary N) is 1. The van der Waals surface area contributed by atoms with Crippen molar-refractivity contribution in [2.75, 3.05) is 6.54 Å². The van der Waals surface area contributed by atoms with Crippen LogP contribution in [0.4, 0.5) is 4.39 Å². The zero-order valence-corrected chi connectivity index (χ0v) is 9.68. The second-order valence-corrected chi connectivity index (χ2v) is 5.18. The van der Waals surface area contributed by atoms with E-state index in [9.17, 15) is 4.39 Å². The zero-order chi connectivity index (χ0) is 11.2. The molecule has 2 N–H and O–H groups in total. The van der Waals surface area contributed by atoms with Gasteiger partial charge in [-0.2, -0.15) is 0 Å². The molecule has 0 bridgehead atoms. The molecule has 1 aliphatic rings. The lowest BCUT2D eigenvalue weighted by atomic mass is 10.0. The predicted octanol–water partition coefficient (Wildman–Crippen LogP) is 3.18. The molecule has 15 heavy (non-hydrogen) atoms. The molecule has 0 spiro atoms. The van der Waals surface area contributed by atoms with E-state index in [0.717, 1.165) is 0 Å². The van der Waals surface area contributed by atoms with E-state index in [1.54, 1.807) is 12.1 Å². The van der Waals surface area contributed by atoms with Gasteiger partial charge in [-0.05, 0) is 35.9 Å². The maximum Gasteiger partial charge on any atom is 0.128 e. The van der Waals surface area contributed by atoms with Gasteiger partial charge in [-0.15, -0.1) is 0 Å². The van der Waals surface area contributed by atoms with Crippen LogP contribution in [0.2, 0.25) is 5.02 Å². The van der Waals surface area contributed by atoms with Crippen molar-refractivity contribution in [3.8, 4) is 0 Å². The monoisotopic (exact) mass is 227 g/mol. The van der Waals surface area contributed by atoms with E-state index in [2.05, 4.69) is 13.8 Å². The number of hydrogen-bond acceptors (Lipinski definition) is 1. The maximum atomic E-state index is 13.7. The number of hydrogen-bond donors (Lipinski definition) is 1. The molecule has 0 amide bonds. The second kappa shape index (κ2) is 3.46. The van der Waals surface area contributed by atoms with Crippen LogP contribution in [-0.4, -0.2) is 6.54 Å². The van der Waals surface area contributed by atoms with E-state index in [-0.39, 0.29) is 17.2 Å². The fourth-order valence-corrected chi connectivity index (χ4v) is 2.85. The molecule has 1 aromatic rings. The first-order valence-corrected chi connectivity index (χ1v) is 5.52. The van der Waals surface area contributed by atoms with Crippen molar-refractivity contribution < 1.29 is 4.39 Å². The smallest absolute Gasteiger partial charge is 0.128 e. The van der Waals surface area contributed by atoms with Crippen LogP contribution in [0.1, 0.15) is 25.3 Å². The minimum absolute atomic E-state index is 0.0700. The van der Waals surface area contributed by atoms with Crippen LogP contribution in [-0.2, 0) is 0 Å². The van der Waals surface area contributed by atoms with Crippen molar-refractivity contribution in [1.82, 2.24) is 0 Å². The second-order valence-electron chi connectivity index (χ2n) is 4.78. The van der Waals surface area contributed by atoms with Crippen LogP contribution in [0.3, 0.4) is 0 Å². The van der Waals surface area contributed by atoms with Crippen molar-refractivity contribution in [1.29, 1.82) is 0 Å². The van der Waals surface area contributed by atoms with Crippen molar-refractivity contribution in [3.63, 3.8) is 0 Å². The molecule has 2 atom stereocenters. The molecule has 0 unspecified atom stereocenters. The summed E-state index contributed by atoms with van der Waals surface area (Å²) in [5, 5.41) is 0.518. The normalized spacial score (nSPS) is 27.8. The highest BCUT2D eigenvalue weighted by Crippen LogP contribution is 2.65. The van der Waals surface area contributed by atoms with E-state index in [0.29, 0.717) is 23.0 Å². The van der Waals surface area contributed by atoms with Crippen molar-refractivity contribution in [2.45, 2.75) is 19.8 Å². The van der Waals surface area contributed by atoms with Crippen molar-refractivity contribution >= 4 is 11.6 Å². The van der Waals surface area contributed by atoms with Gasteiger partial charge in [0, 0.05) is 10.6 Å². The Morgan fingerprint density at radius 1 is 1.47 bits per heavy atom. The standard InChI is InChI=1S/C12H15ClFN/c1-12(2)7(6-15)11(12)10-8(13)4-3-5-9(10)14/h3-5,7,11H,6,15H2,1-2H3/t7-,11+/m1/s1. The summed E-state index contributed by atoms with van der Waals surface area (Å²) in [4.78, 5) is 0. The summed E-state index contributed by atoms with van der Waals surface area (Å²) in [6, 6.07) is 4.83. The van der Waals surface area contributed by atoms with E-state index >= 15 is 0 Å². The Hall–Kier alpha value is -0.600. The van der Waals surface area contributed by atoms with E-state index in [1.807, 2.05) is 0 Å². The minimum Gasteiger partial charge on any atom is -0.330 e. The van der Waals surface area contributed by atoms with Crippen molar-refractivity contribution in [3.05, 3.63) is 34.6 Å². The van der Waals surface area contributed by atoms with Gasteiger partial charge in [0.2, 0.25) is 0 Å². The van der Waals surface area contributed by atoms with Gasteiger partial charge < -0.3 is 5.73 Å². The van der Waals surface area contributed by atoms with Gasteiger partial charge in [0.05, 0.1) is 0 Å². The van der Waals surface area contributed by atoms with Gasteiger partial charge in [0.1, 0.15) is 5.82 Å². The molecule has 0 aliphatic heterocycles. The molecule has 0 aromatic heterocycles. The fourth-order valence-electron chi connectivity index (χ4n) is 2.56. The van der Waals surface area contributed by atoms with E-state index in [1.165, 1.54) is 6.07 Å². The Morgan fingerprint density at radius 3 is 2.60 bits per heavy atom. The summed E-state index contributed by atoms with van der Waals surface area (Å²) >= 11 is 6.03. The van der Waals surface area contributed by atoms with Gasteiger partial charge in [-0.25, -0.2) is 4.39 Å². The SMILES string of the molecule is CC1(C)[C@H](CN)[C@H]1c1c(F)cccc1Cl. The zero-order valence-electron chi connectivity index (χ0n) is 8.93. The third-order valence-electron chi connectivity index (χ3n) is 3.62. The molecule has 0 saturated heterocycles. The molecular weight excluding hydrogens is 213 g/mol. The summed E-state index contributed by atoms with van der Waals surface area (Å²) < 4.78 is 13.7. The largest absolute Gasteiger partial charge is 0.330 e. The summed E-state index contributed by atoms with van der Waals surface area (Å²) in [6.45, 7) is 4.80. The molecule has 82 valence electrons. The Kier molecular flexibility index (Phi) is 2.52. The van der Waals surface area contributed by atoms with Crippen molar-refractivity contribution in [2.24, 2.45) is 17.1 Å². The molecular formula is C12H15ClFN. The summed E-state index contributed by atoms with van der Waals surface area (Å²) in [7, 11) is 0. The lowest BCUT2D eigenvalue weighted by Gasteiger charge is -2.06. The van der Waals surface area contributed by atoms with Crippen LogP contribution in [0.15, 0.2) is 18.2 Å². The molecule has 0 heterocycles.